The Hall–Kier alpha value is -1.55. The Morgan fingerprint density at radius 3 is 2.59 bits per heavy atom. The van der Waals surface area contributed by atoms with Crippen LogP contribution in [0.5, 0.6) is 0 Å². The van der Waals surface area contributed by atoms with Gasteiger partial charge in [0.05, 0.1) is 12.1 Å². The molecule has 1 N–H and O–H groups in total. The molecule has 0 saturated heterocycles. The molecular weight excluding hydrogens is 278 g/mol. The van der Waals surface area contributed by atoms with Crippen molar-refractivity contribution in [2.45, 2.75) is 65.3 Å². The number of amides is 1. The highest BCUT2D eigenvalue weighted by molar-refractivity contribution is 5.69. The lowest BCUT2D eigenvalue weighted by atomic mass is 9.87. The van der Waals surface area contributed by atoms with E-state index in [1.54, 1.807) is 4.90 Å². The summed E-state index contributed by atoms with van der Waals surface area (Å²) in [7, 11) is 0. The van der Waals surface area contributed by atoms with Crippen LogP contribution in [0.4, 0.5) is 4.79 Å². The molecule has 0 spiro atoms. The molecule has 2 unspecified atom stereocenters. The van der Waals surface area contributed by atoms with E-state index in [1.807, 2.05) is 45.0 Å². The maximum atomic E-state index is 12.6. The molecule has 0 bridgehead atoms. The molecule has 1 heterocycles. The molecule has 22 heavy (non-hydrogen) atoms. The molecule has 1 aliphatic rings. The van der Waals surface area contributed by atoms with Crippen molar-refractivity contribution in [2.24, 2.45) is 5.92 Å². The summed E-state index contributed by atoms with van der Waals surface area (Å²) in [6, 6.07) is 7.52. The van der Waals surface area contributed by atoms with E-state index >= 15 is 0 Å². The summed E-state index contributed by atoms with van der Waals surface area (Å²) in [6.45, 7) is 10.3. The monoisotopic (exact) mass is 305 g/mol. The smallest absolute Gasteiger partial charge is 0.410 e. The summed E-state index contributed by atoms with van der Waals surface area (Å²) in [5.41, 5.74) is 1.37. The van der Waals surface area contributed by atoms with E-state index in [0.29, 0.717) is 12.5 Å². The van der Waals surface area contributed by atoms with Crippen LogP contribution in [-0.2, 0) is 11.3 Å². The van der Waals surface area contributed by atoms with Gasteiger partial charge in [-0.1, -0.05) is 38.1 Å². The Morgan fingerprint density at radius 2 is 2.00 bits per heavy atom. The van der Waals surface area contributed by atoms with Crippen LogP contribution < -0.4 is 0 Å². The van der Waals surface area contributed by atoms with E-state index in [9.17, 15) is 9.90 Å². The zero-order valence-corrected chi connectivity index (χ0v) is 14.2. The fourth-order valence-electron chi connectivity index (χ4n) is 2.90. The lowest BCUT2D eigenvalue weighted by molar-refractivity contribution is -0.0208. The fraction of sp³-hybridized carbons (Fsp3) is 0.611. The Morgan fingerprint density at radius 1 is 1.36 bits per heavy atom. The first kappa shape index (κ1) is 16.8. The summed E-state index contributed by atoms with van der Waals surface area (Å²) >= 11 is 0. The second kappa shape index (κ2) is 6.29. The van der Waals surface area contributed by atoms with Crippen molar-refractivity contribution in [3.63, 3.8) is 0 Å². The molecule has 0 aromatic heterocycles. The lowest BCUT2D eigenvalue weighted by Crippen LogP contribution is -2.49. The van der Waals surface area contributed by atoms with Crippen LogP contribution in [0.25, 0.3) is 0 Å². The van der Waals surface area contributed by atoms with Gasteiger partial charge in [0, 0.05) is 6.54 Å². The standard InChI is InChI=1S/C18H27NO3/c1-12(2)10-15-16(20)14-9-7-6-8-13(14)11-19(15)17(21)22-18(3,4)5/h6-9,12,15-16,20H,10-11H2,1-5H3. The number of fused-ring (bicyclic) bond motifs is 1. The van der Waals surface area contributed by atoms with Crippen LogP contribution in [0.1, 0.15) is 58.3 Å². The third-order valence-corrected chi connectivity index (χ3v) is 3.82. The van der Waals surface area contributed by atoms with Crippen LogP contribution in [0.15, 0.2) is 24.3 Å². The zero-order chi connectivity index (χ0) is 16.5. The molecule has 1 aromatic rings. The van der Waals surface area contributed by atoms with Gasteiger partial charge in [-0.3, -0.25) is 4.90 Å². The van der Waals surface area contributed by atoms with Crippen molar-refractivity contribution in [2.75, 3.05) is 0 Å². The number of rotatable bonds is 2. The molecule has 2 atom stereocenters. The highest BCUT2D eigenvalue weighted by Gasteiger charge is 2.38. The van der Waals surface area contributed by atoms with Gasteiger partial charge in [-0.15, -0.1) is 0 Å². The first-order valence-corrected chi connectivity index (χ1v) is 7.94. The molecule has 1 amide bonds. The Kier molecular flexibility index (Phi) is 4.81. The van der Waals surface area contributed by atoms with Crippen LogP contribution in [0.3, 0.4) is 0 Å². The largest absolute Gasteiger partial charge is 0.444 e. The number of aliphatic hydroxyl groups is 1. The van der Waals surface area contributed by atoms with E-state index in [-0.39, 0.29) is 12.1 Å². The van der Waals surface area contributed by atoms with E-state index < -0.39 is 11.7 Å². The van der Waals surface area contributed by atoms with Crippen LogP contribution in [0.2, 0.25) is 0 Å². The van der Waals surface area contributed by atoms with Crippen molar-refractivity contribution in [3.05, 3.63) is 35.4 Å². The van der Waals surface area contributed by atoms with Crippen molar-refractivity contribution in [3.8, 4) is 0 Å². The third kappa shape index (κ3) is 3.80. The number of carbonyl (C=O) groups is 1. The molecular formula is C18H27NO3. The predicted octanol–water partition coefficient (Wildman–Crippen LogP) is 3.89. The number of aliphatic hydroxyl groups excluding tert-OH is 1. The number of nitrogens with zero attached hydrogens (tertiary/aromatic N) is 1. The quantitative estimate of drug-likeness (QED) is 0.902. The Bertz CT molecular complexity index is 533. The minimum atomic E-state index is -0.667. The average Bonchev–Trinajstić information content (AvgIpc) is 2.39. The topological polar surface area (TPSA) is 49.8 Å². The number of benzene rings is 1. The van der Waals surface area contributed by atoms with E-state index in [1.165, 1.54) is 0 Å². The molecule has 4 heteroatoms. The number of ether oxygens (including phenoxy) is 1. The van der Waals surface area contributed by atoms with Gasteiger partial charge >= 0.3 is 6.09 Å². The minimum Gasteiger partial charge on any atom is -0.444 e. The highest BCUT2D eigenvalue weighted by Crippen LogP contribution is 2.35. The summed E-state index contributed by atoms with van der Waals surface area (Å²) in [4.78, 5) is 14.2. The number of hydrogen-bond acceptors (Lipinski definition) is 3. The highest BCUT2D eigenvalue weighted by atomic mass is 16.6. The minimum absolute atomic E-state index is 0.246. The summed E-state index contributed by atoms with van der Waals surface area (Å²) in [6.07, 6.45) is -0.277. The number of hydrogen-bond donors (Lipinski definition) is 1. The molecule has 0 aliphatic carbocycles. The number of carbonyl (C=O) groups excluding carboxylic acids is 1. The summed E-state index contributed by atoms with van der Waals surface area (Å²) in [5, 5.41) is 10.7. The first-order chi connectivity index (χ1) is 10.2. The third-order valence-electron chi connectivity index (χ3n) is 3.82. The fourth-order valence-corrected chi connectivity index (χ4v) is 2.90. The second-order valence-corrected chi connectivity index (χ2v) is 7.45. The first-order valence-electron chi connectivity index (χ1n) is 7.94. The second-order valence-electron chi connectivity index (χ2n) is 7.45. The average molecular weight is 305 g/mol. The summed E-state index contributed by atoms with van der Waals surface area (Å²) in [5.74, 6) is 0.384. The molecule has 0 radical (unpaired) electrons. The van der Waals surface area contributed by atoms with Gasteiger partial charge in [0.2, 0.25) is 0 Å². The summed E-state index contributed by atoms with van der Waals surface area (Å²) < 4.78 is 5.53. The maximum Gasteiger partial charge on any atom is 0.410 e. The Balaban J connectivity index is 2.31. The predicted molar refractivity (Wildman–Crippen MR) is 86.4 cm³/mol. The molecule has 4 nitrogen and oxygen atoms in total. The van der Waals surface area contributed by atoms with Crippen molar-refractivity contribution < 1.29 is 14.6 Å². The molecule has 122 valence electrons. The van der Waals surface area contributed by atoms with Gasteiger partial charge in [0.1, 0.15) is 5.60 Å². The van der Waals surface area contributed by atoms with Crippen molar-refractivity contribution in [1.29, 1.82) is 0 Å². The van der Waals surface area contributed by atoms with E-state index in [2.05, 4.69) is 13.8 Å². The van der Waals surface area contributed by atoms with Crippen molar-refractivity contribution in [1.82, 2.24) is 4.90 Å². The molecule has 1 aromatic carbocycles. The molecule has 2 rings (SSSR count). The van der Waals surface area contributed by atoms with Gasteiger partial charge in [0.15, 0.2) is 0 Å². The zero-order valence-electron chi connectivity index (χ0n) is 14.2. The van der Waals surface area contributed by atoms with Crippen molar-refractivity contribution >= 4 is 6.09 Å². The SMILES string of the molecule is CC(C)CC1C(O)c2ccccc2CN1C(=O)OC(C)(C)C. The molecule has 1 aliphatic heterocycles. The normalized spacial score (nSPS) is 21.7. The van der Waals surface area contributed by atoms with E-state index in [4.69, 9.17) is 4.74 Å². The molecule has 0 saturated carbocycles. The lowest BCUT2D eigenvalue weighted by Gasteiger charge is -2.41. The van der Waals surface area contributed by atoms with Gasteiger partial charge < -0.3 is 9.84 Å². The van der Waals surface area contributed by atoms with Crippen LogP contribution in [0, 0.1) is 5.92 Å². The van der Waals surface area contributed by atoms with Crippen LogP contribution >= 0.6 is 0 Å². The van der Waals surface area contributed by atoms with E-state index in [0.717, 1.165) is 17.5 Å². The maximum absolute atomic E-state index is 12.6. The van der Waals surface area contributed by atoms with Crippen LogP contribution in [-0.4, -0.2) is 27.7 Å². The Labute approximate surface area is 133 Å². The van der Waals surface area contributed by atoms with Gasteiger partial charge in [-0.05, 0) is 44.2 Å². The molecule has 0 fully saturated rings. The van der Waals surface area contributed by atoms with Gasteiger partial charge in [-0.25, -0.2) is 4.79 Å². The van der Waals surface area contributed by atoms with Gasteiger partial charge in [-0.2, -0.15) is 0 Å². The van der Waals surface area contributed by atoms with Gasteiger partial charge in [0.25, 0.3) is 0 Å².